The minimum Gasteiger partial charge on any atom is -0.308 e. The molecular weight excluding hydrogens is 288 g/mol. The van der Waals surface area contributed by atoms with Gasteiger partial charge in [0.05, 0.1) is 5.56 Å². The highest BCUT2D eigenvalue weighted by molar-refractivity contribution is 5.64. The van der Waals surface area contributed by atoms with E-state index in [4.69, 9.17) is 5.84 Å². The number of benzene rings is 1. The van der Waals surface area contributed by atoms with Crippen molar-refractivity contribution in [2.24, 2.45) is 5.84 Å². The van der Waals surface area contributed by atoms with Crippen LogP contribution in [0, 0.1) is 19.7 Å². The Morgan fingerprint density at radius 2 is 1.81 bits per heavy atom. The molecule has 0 amide bonds. The van der Waals surface area contributed by atoms with E-state index in [0.717, 1.165) is 12.1 Å². The van der Waals surface area contributed by atoms with Crippen LogP contribution in [0.5, 0.6) is 0 Å². The third kappa shape index (κ3) is 2.94. The molecule has 0 aliphatic rings. The Hall–Kier alpha value is -2.22. The van der Waals surface area contributed by atoms with Gasteiger partial charge in [-0.25, -0.2) is 20.2 Å². The van der Waals surface area contributed by atoms with Crippen molar-refractivity contribution in [2.75, 3.05) is 5.43 Å². The van der Waals surface area contributed by atoms with Crippen molar-refractivity contribution in [3.8, 4) is 11.4 Å². The van der Waals surface area contributed by atoms with Gasteiger partial charge in [0.1, 0.15) is 11.6 Å². The Bertz CT molecular complexity index is 683. The van der Waals surface area contributed by atoms with E-state index in [9.17, 15) is 17.6 Å². The zero-order valence-electron chi connectivity index (χ0n) is 11.2. The number of nitrogen functional groups attached to an aromatic ring is 1. The summed E-state index contributed by atoms with van der Waals surface area (Å²) in [5, 5.41) is 0. The number of halogens is 4. The van der Waals surface area contributed by atoms with Crippen molar-refractivity contribution in [2.45, 2.75) is 20.0 Å². The summed E-state index contributed by atoms with van der Waals surface area (Å²) in [4.78, 5) is 7.98. The molecule has 2 aromatic rings. The maximum absolute atomic E-state index is 13.1. The first-order valence-electron chi connectivity index (χ1n) is 5.93. The number of alkyl halides is 3. The monoisotopic (exact) mass is 300 g/mol. The number of aromatic nitrogens is 2. The van der Waals surface area contributed by atoms with Crippen molar-refractivity contribution >= 4 is 5.82 Å². The van der Waals surface area contributed by atoms with Gasteiger partial charge in [-0.05, 0) is 32.0 Å². The molecule has 0 bridgehead atoms. The fourth-order valence-corrected chi connectivity index (χ4v) is 1.84. The van der Waals surface area contributed by atoms with Crippen molar-refractivity contribution in [3.05, 3.63) is 40.8 Å². The summed E-state index contributed by atoms with van der Waals surface area (Å²) in [5.74, 6) is 4.36. The summed E-state index contributed by atoms with van der Waals surface area (Å²) in [6.45, 7) is 3.31. The van der Waals surface area contributed by atoms with Crippen molar-refractivity contribution in [1.82, 2.24) is 9.97 Å². The predicted molar refractivity (Wildman–Crippen MR) is 69.7 cm³/mol. The molecule has 4 nitrogen and oxygen atoms in total. The Kier molecular flexibility index (Phi) is 3.82. The smallest absolute Gasteiger partial charge is 0.308 e. The third-order valence-electron chi connectivity index (χ3n) is 3.05. The molecule has 2 rings (SSSR count). The summed E-state index contributed by atoms with van der Waals surface area (Å²) in [7, 11) is 0. The average Bonchev–Trinajstić information content (AvgIpc) is 2.40. The van der Waals surface area contributed by atoms with Crippen molar-refractivity contribution in [3.63, 3.8) is 0 Å². The van der Waals surface area contributed by atoms with Gasteiger partial charge in [-0.15, -0.1) is 0 Å². The van der Waals surface area contributed by atoms with Gasteiger partial charge in [-0.2, -0.15) is 13.2 Å². The SMILES string of the molecule is Cc1nc(-c2ccc(F)cc2C(F)(F)F)nc(NN)c1C. The van der Waals surface area contributed by atoms with E-state index >= 15 is 0 Å². The van der Waals surface area contributed by atoms with Crippen LogP contribution in [-0.4, -0.2) is 9.97 Å². The van der Waals surface area contributed by atoms with Crippen LogP contribution < -0.4 is 11.3 Å². The fraction of sp³-hybridized carbons (Fsp3) is 0.231. The molecule has 0 aliphatic carbocycles. The minimum atomic E-state index is -4.71. The molecule has 0 saturated heterocycles. The van der Waals surface area contributed by atoms with Gasteiger partial charge in [-0.1, -0.05) is 0 Å². The first kappa shape index (κ1) is 15.2. The number of hydrogen-bond donors (Lipinski definition) is 2. The van der Waals surface area contributed by atoms with E-state index in [1.807, 2.05) is 0 Å². The number of nitrogens with one attached hydrogen (secondary N) is 1. The number of rotatable bonds is 2. The summed E-state index contributed by atoms with van der Waals surface area (Å²) >= 11 is 0. The van der Waals surface area contributed by atoms with Crippen LogP contribution in [0.2, 0.25) is 0 Å². The van der Waals surface area contributed by atoms with Crippen molar-refractivity contribution in [1.29, 1.82) is 0 Å². The van der Waals surface area contributed by atoms with Crippen LogP contribution in [0.25, 0.3) is 11.4 Å². The molecule has 1 heterocycles. The molecule has 0 radical (unpaired) electrons. The highest BCUT2D eigenvalue weighted by Crippen LogP contribution is 2.37. The minimum absolute atomic E-state index is 0.168. The lowest BCUT2D eigenvalue weighted by atomic mass is 10.1. The maximum Gasteiger partial charge on any atom is 0.417 e. The number of aryl methyl sites for hydroxylation is 1. The standard InChI is InChI=1S/C13H12F4N4/c1-6-7(2)19-12(20-11(6)21-18)9-4-3-8(14)5-10(9)13(15,16)17/h3-5H,18H2,1-2H3,(H,19,20,21). The maximum atomic E-state index is 13.1. The molecule has 0 saturated carbocycles. The van der Waals surface area contributed by atoms with Gasteiger partial charge in [0.25, 0.3) is 0 Å². The van der Waals surface area contributed by atoms with Gasteiger partial charge in [0.2, 0.25) is 0 Å². The molecule has 0 fully saturated rings. The molecule has 1 aromatic heterocycles. The molecule has 0 aliphatic heterocycles. The normalized spacial score (nSPS) is 11.6. The number of nitrogens with zero attached hydrogens (tertiary/aromatic N) is 2. The van der Waals surface area contributed by atoms with Gasteiger partial charge in [0.15, 0.2) is 5.82 Å². The zero-order valence-corrected chi connectivity index (χ0v) is 11.2. The van der Waals surface area contributed by atoms with E-state index in [1.54, 1.807) is 13.8 Å². The second-order valence-electron chi connectivity index (χ2n) is 4.44. The molecule has 21 heavy (non-hydrogen) atoms. The molecule has 112 valence electrons. The molecule has 0 atom stereocenters. The molecular formula is C13H12F4N4. The molecule has 1 aromatic carbocycles. The molecule has 8 heteroatoms. The number of hydrogen-bond acceptors (Lipinski definition) is 4. The molecule has 0 unspecified atom stereocenters. The van der Waals surface area contributed by atoms with E-state index in [2.05, 4.69) is 15.4 Å². The van der Waals surface area contributed by atoms with Gasteiger partial charge >= 0.3 is 6.18 Å². The van der Waals surface area contributed by atoms with E-state index in [1.165, 1.54) is 0 Å². The van der Waals surface area contributed by atoms with E-state index in [-0.39, 0.29) is 17.2 Å². The predicted octanol–water partition coefficient (Wildman–Crippen LogP) is 3.20. The fourth-order valence-electron chi connectivity index (χ4n) is 1.84. The Labute approximate surface area is 118 Å². The molecule has 0 spiro atoms. The number of hydrazine groups is 1. The largest absolute Gasteiger partial charge is 0.417 e. The van der Waals surface area contributed by atoms with Gasteiger partial charge in [-0.3, -0.25) is 0 Å². The Balaban J connectivity index is 2.70. The van der Waals surface area contributed by atoms with Crippen LogP contribution >= 0.6 is 0 Å². The molecule has 3 N–H and O–H groups in total. The van der Waals surface area contributed by atoms with Crippen molar-refractivity contribution < 1.29 is 17.6 Å². The van der Waals surface area contributed by atoms with Crippen LogP contribution in [0.15, 0.2) is 18.2 Å². The summed E-state index contributed by atoms with van der Waals surface area (Å²) < 4.78 is 52.2. The van der Waals surface area contributed by atoms with Crippen LogP contribution in [-0.2, 0) is 6.18 Å². The second-order valence-corrected chi connectivity index (χ2v) is 4.44. The number of nitrogens with two attached hydrogens (primary N) is 1. The van der Waals surface area contributed by atoms with Gasteiger partial charge < -0.3 is 5.43 Å². The summed E-state index contributed by atoms with van der Waals surface area (Å²) in [6.07, 6.45) is -4.71. The highest BCUT2D eigenvalue weighted by Gasteiger charge is 2.35. The summed E-state index contributed by atoms with van der Waals surface area (Å²) in [5.41, 5.74) is 1.98. The lowest BCUT2D eigenvalue weighted by Gasteiger charge is -2.14. The van der Waals surface area contributed by atoms with E-state index in [0.29, 0.717) is 17.3 Å². The zero-order chi connectivity index (χ0) is 15.8. The number of anilines is 1. The second kappa shape index (κ2) is 5.28. The van der Waals surface area contributed by atoms with E-state index < -0.39 is 17.6 Å². The van der Waals surface area contributed by atoms with Gasteiger partial charge in [0, 0.05) is 16.8 Å². The lowest BCUT2D eigenvalue weighted by molar-refractivity contribution is -0.137. The topological polar surface area (TPSA) is 63.8 Å². The van der Waals surface area contributed by atoms with Crippen LogP contribution in [0.1, 0.15) is 16.8 Å². The first-order valence-corrected chi connectivity index (χ1v) is 5.93. The van der Waals surface area contributed by atoms with Crippen LogP contribution in [0.4, 0.5) is 23.4 Å². The average molecular weight is 300 g/mol. The first-order chi connectivity index (χ1) is 9.74. The van der Waals surface area contributed by atoms with Crippen LogP contribution in [0.3, 0.4) is 0 Å². The lowest BCUT2D eigenvalue weighted by Crippen LogP contribution is -2.14. The Morgan fingerprint density at radius 3 is 2.38 bits per heavy atom. The highest BCUT2D eigenvalue weighted by atomic mass is 19.4. The Morgan fingerprint density at radius 1 is 1.14 bits per heavy atom. The summed E-state index contributed by atoms with van der Waals surface area (Å²) in [6, 6.07) is 2.35. The quantitative estimate of drug-likeness (QED) is 0.508. The third-order valence-corrected chi connectivity index (χ3v) is 3.05.